The van der Waals surface area contributed by atoms with E-state index in [0.29, 0.717) is 12.1 Å². The molecule has 1 heterocycles. The van der Waals surface area contributed by atoms with E-state index >= 15 is 0 Å². The van der Waals surface area contributed by atoms with E-state index < -0.39 is 16.5 Å². The number of benzene rings is 1. The first kappa shape index (κ1) is 19.4. The molecule has 0 radical (unpaired) electrons. The molecule has 2 N–H and O–H groups in total. The predicted molar refractivity (Wildman–Crippen MR) is 84.4 cm³/mol. The van der Waals surface area contributed by atoms with Gasteiger partial charge in [-0.1, -0.05) is 23.2 Å². The lowest BCUT2D eigenvalue weighted by Crippen LogP contribution is -2.08. The van der Waals surface area contributed by atoms with Crippen LogP contribution in [0.4, 0.5) is 27.8 Å². The molecule has 3 nitrogen and oxygen atoms in total. The van der Waals surface area contributed by atoms with Gasteiger partial charge in [-0.15, -0.1) is 0 Å². The summed E-state index contributed by atoms with van der Waals surface area (Å²) in [6.07, 6.45) is -4.65. The highest BCUT2D eigenvalue weighted by Crippen LogP contribution is 2.44. The van der Waals surface area contributed by atoms with Gasteiger partial charge in [0.2, 0.25) is 0 Å². The number of thioether (sulfide) groups is 1. The second-order valence-corrected chi connectivity index (χ2v) is 7.14. The summed E-state index contributed by atoms with van der Waals surface area (Å²) < 4.78 is 61.6. The number of aryl methyl sites for hydroxylation is 1. The number of rotatable bonds is 3. The Kier molecular flexibility index (Phi) is 5.21. The van der Waals surface area contributed by atoms with Crippen molar-refractivity contribution in [1.29, 1.82) is 0 Å². The van der Waals surface area contributed by atoms with Crippen molar-refractivity contribution in [2.24, 2.45) is 0 Å². The molecule has 0 aliphatic carbocycles. The van der Waals surface area contributed by atoms with Gasteiger partial charge in [-0.2, -0.15) is 22.0 Å². The van der Waals surface area contributed by atoms with Crippen molar-refractivity contribution in [3.63, 3.8) is 0 Å². The molecule has 0 saturated heterocycles. The van der Waals surface area contributed by atoms with Gasteiger partial charge in [0.1, 0.15) is 16.7 Å². The van der Waals surface area contributed by atoms with Crippen LogP contribution in [0.2, 0.25) is 10.0 Å². The van der Waals surface area contributed by atoms with E-state index in [1.807, 2.05) is 0 Å². The van der Waals surface area contributed by atoms with Crippen LogP contribution in [-0.4, -0.2) is 14.3 Å². The maximum atomic E-state index is 12.9. The summed E-state index contributed by atoms with van der Waals surface area (Å²) in [7, 11) is 0. The number of nitrogen functional groups attached to an aromatic ring is 1. The number of hydrogen-bond donors (Lipinski definition) is 1. The fraction of sp³-hybridized carbons (Fsp3) is 0.250. The molecule has 132 valence electrons. The minimum Gasteiger partial charge on any atom is -0.383 e. The standard InChI is InChI=1S/C12H7Cl3F5N3S/c1-4-22-10(24-12(15,19)20)9(21)23(4)8-6(13)2-5(3-7(8)14)11(16,17)18/h2-3H,21H2,1H3. The van der Waals surface area contributed by atoms with Crippen molar-refractivity contribution >= 4 is 52.4 Å². The van der Waals surface area contributed by atoms with Gasteiger partial charge < -0.3 is 5.73 Å². The summed E-state index contributed by atoms with van der Waals surface area (Å²) in [4.78, 5) is 3.82. The summed E-state index contributed by atoms with van der Waals surface area (Å²) in [5.41, 5.74) is 4.60. The van der Waals surface area contributed by atoms with Crippen molar-refractivity contribution in [1.82, 2.24) is 9.55 Å². The minimum absolute atomic E-state index is 0.0967. The molecule has 24 heavy (non-hydrogen) atoms. The highest BCUT2D eigenvalue weighted by molar-refractivity contribution is 8.01. The summed E-state index contributed by atoms with van der Waals surface area (Å²) in [6, 6.07) is 1.31. The summed E-state index contributed by atoms with van der Waals surface area (Å²) >= 11 is 16.5. The van der Waals surface area contributed by atoms with E-state index in [1.165, 1.54) is 6.92 Å². The molecular formula is C12H7Cl3F5N3S. The zero-order valence-electron chi connectivity index (χ0n) is 11.6. The Morgan fingerprint density at radius 2 is 1.62 bits per heavy atom. The van der Waals surface area contributed by atoms with Crippen LogP contribution in [0, 0.1) is 6.92 Å². The Labute approximate surface area is 151 Å². The lowest BCUT2D eigenvalue weighted by atomic mass is 10.2. The fourth-order valence-electron chi connectivity index (χ4n) is 1.93. The van der Waals surface area contributed by atoms with E-state index in [4.69, 9.17) is 40.5 Å². The predicted octanol–water partition coefficient (Wildman–Crippen LogP) is 5.97. The Morgan fingerprint density at radius 3 is 2.04 bits per heavy atom. The lowest BCUT2D eigenvalue weighted by Gasteiger charge is -2.15. The normalized spacial score (nSPS) is 12.7. The van der Waals surface area contributed by atoms with Crippen LogP contribution in [0.15, 0.2) is 17.2 Å². The maximum absolute atomic E-state index is 12.9. The van der Waals surface area contributed by atoms with Crippen molar-refractivity contribution < 1.29 is 22.0 Å². The number of nitrogens with zero attached hydrogens (tertiary/aromatic N) is 2. The fourth-order valence-corrected chi connectivity index (χ4v) is 3.40. The van der Waals surface area contributed by atoms with Crippen LogP contribution < -0.4 is 5.73 Å². The van der Waals surface area contributed by atoms with Crippen LogP contribution in [0.3, 0.4) is 0 Å². The summed E-state index contributed by atoms with van der Waals surface area (Å²) in [5.74, 6) is -0.180. The molecule has 12 heteroatoms. The highest BCUT2D eigenvalue weighted by atomic mass is 35.5. The van der Waals surface area contributed by atoms with E-state index in [0.717, 1.165) is 4.57 Å². The molecule has 0 bridgehead atoms. The monoisotopic (exact) mass is 425 g/mol. The summed E-state index contributed by atoms with van der Waals surface area (Å²) in [5, 5.41) is -1.04. The van der Waals surface area contributed by atoms with Gasteiger partial charge in [0, 0.05) is 0 Å². The molecular weight excluding hydrogens is 420 g/mol. The third-order valence-corrected chi connectivity index (χ3v) is 4.36. The van der Waals surface area contributed by atoms with Crippen molar-refractivity contribution in [2.75, 3.05) is 5.73 Å². The van der Waals surface area contributed by atoms with Gasteiger partial charge >= 0.3 is 10.9 Å². The molecule has 2 aromatic rings. The number of imidazole rings is 1. The van der Waals surface area contributed by atoms with E-state index in [2.05, 4.69) is 4.98 Å². The number of anilines is 1. The maximum Gasteiger partial charge on any atom is 0.416 e. The van der Waals surface area contributed by atoms with Crippen molar-refractivity contribution in [2.45, 2.75) is 22.8 Å². The molecule has 0 aliphatic heterocycles. The quantitative estimate of drug-likeness (QED) is 0.374. The molecule has 0 unspecified atom stereocenters. The first-order valence-electron chi connectivity index (χ1n) is 5.98. The van der Waals surface area contributed by atoms with Gasteiger partial charge in [-0.05, 0) is 42.4 Å². The molecule has 1 aromatic carbocycles. The van der Waals surface area contributed by atoms with Gasteiger partial charge in [0.25, 0.3) is 0 Å². The van der Waals surface area contributed by atoms with Crippen molar-refractivity contribution in [3.8, 4) is 5.69 Å². The Morgan fingerprint density at radius 1 is 1.12 bits per heavy atom. The number of halogens is 8. The third-order valence-electron chi connectivity index (χ3n) is 2.83. The van der Waals surface area contributed by atoms with Crippen LogP contribution in [-0.2, 0) is 6.18 Å². The topological polar surface area (TPSA) is 43.8 Å². The third kappa shape index (κ3) is 4.01. The van der Waals surface area contributed by atoms with Crippen LogP contribution in [0.25, 0.3) is 5.69 Å². The van der Waals surface area contributed by atoms with Gasteiger partial charge in [-0.3, -0.25) is 4.57 Å². The average Bonchev–Trinajstić information content (AvgIpc) is 2.62. The van der Waals surface area contributed by atoms with Crippen molar-refractivity contribution in [3.05, 3.63) is 33.6 Å². The first-order chi connectivity index (χ1) is 10.8. The van der Waals surface area contributed by atoms with E-state index in [-0.39, 0.29) is 44.2 Å². The Balaban J connectivity index is 2.62. The summed E-state index contributed by atoms with van der Waals surface area (Å²) in [6.45, 7) is 1.40. The molecule has 0 aliphatic rings. The molecule has 2 rings (SSSR count). The largest absolute Gasteiger partial charge is 0.416 e. The molecule has 0 fully saturated rings. The Hall–Kier alpha value is -0.900. The van der Waals surface area contributed by atoms with E-state index in [1.54, 1.807) is 0 Å². The zero-order chi connectivity index (χ0) is 18.4. The van der Waals surface area contributed by atoms with Crippen LogP contribution in [0.5, 0.6) is 0 Å². The number of aromatic nitrogens is 2. The highest BCUT2D eigenvalue weighted by Gasteiger charge is 2.34. The van der Waals surface area contributed by atoms with Crippen LogP contribution in [0.1, 0.15) is 11.4 Å². The number of hydrogen-bond acceptors (Lipinski definition) is 3. The minimum atomic E-state index is -4.65. The van der Waals surface area contributed by atoms with E-state index in [9.17, 15) is 22.0 Å². The molecule has 0 atom stereocenters. The second kappa shape index (κ2) is 6.44. The molecule has 1 aromatic heterocycles. The van der Waals surface area contributed by atoms with Gasteiger partial charge in [0.15, 0.2) is 0 Å². The molecule has 0 saturated carbocycles. The van der Waals surface area contributed by atoms with Gasteiger partial charge in [0.05, 0.1) is 21.3 Å². The molecule has 0 amide bonds. The first-order valence-corrected chi connectivity index (χ1v) is 7.93. The SMILES string of the molecule is Cc1nc(SC(F)(F)Cl)c(N)n1-c1c(Cl)cc(C(F)(F)F)cc1Cl. The smallest absolute Gasteiger partial charge is 0.383 e. The Bertz CT molecular complexity index is 762. The average molecular weight is 427 g/mol. The second-order valence-electron chi connectivity index (χ2n) is 4.52. The zero-order valence-corrected chi connectivity index (χ0v) is 14.6. The molecule has 0 spiro atoms. The number of alkyl halides is 6. The van der Waals surface area contributed by atoms with Crippen LogP contribution >= 0.6 is 46.6 Å². The van der Waals surface area contributed by atoms with Gasteiger partial charge in [-0.25, -0.2) is 4.98 Å². The lowest BCUT2D eigenvalue weighted by molar-refractivity contribution is -0.137. The number of nitrogens with two attached hydrogens (primary N) is 1.